The van der Waals surface area contributed by atoms with Crippen LogP contribution in [-0.4, -0.2) is 41.9 Å². The first kappa shape index (κ1) is 18.2. The van der Waals surface area contributed by atoms with Crippen LogP contribution in [0.4, 0.5) is 16.2 Å². The highest BCUT2D eigenvalue weighted by Gasteiger charge is 2.37. The average molecular weight is 378 g/mol. The van der Waals surface area contributed by atoms with Crippen molar-refractivity contribution in [3.05, 3.63) is 59.7 Å². The Hall–Kier alpha value is -3.19. The minimum Gasteiger partial charge on any atom is -0.326 e. The zero-order valence-corrected chi connectivity index (χ0v) is 15.6. The van der Waals surface area contributed by atoms with Gasteiger partial charge in [-0.15, -0.1) is 0 Å². The standard InChI is InChI=1S/C21H22N4O3/c1-14-20(27)25(21(28)22-14)18-9-5-4-8-17(18)23-19(26)13-24-11-10-15-6-2-3-7-16(15)12-24/h2-9,14H,10-13H2,1H3,(H,22,28)(H,23,26). The summed E-state index contributed by atoms with van der Waals surface area (Å²) >= 11 is 0. The minimum absolute atomic E-state index is 0.174. The van der Waals surface area contributed by atoms with Gasteiger partial charge < -0.3 is 10.6 Å². The van der Waals surface area contributed by atoms with E-state index >= 15 is 0 Å². The summed E-state index contributed by atoms with van der Waals surface area (Å²) in [6.45, 7) is 3.43. The molecule has 0 radical (unpaired) electrons. The van der Waals surface area contributed by atoms with Crippen molar-refractivity contribution in [3.63, 3.8) is 0 Å². The van der Waals surface area contributed by atoms with Gasteiger partial charge in [-0.05, 0) is 36.6 Å². The Morgan fingerprint density at radius 3 is 2.57 bits per heavy atom. The molecular formula is C21H22N4O3. The van der Waals surface area contributed by atoms with E-state index in [1.165, 1.54) is 11.1 Å². The van der Waals surface area contributed by atoms with Crippen LogP contribution in [0.15, 0.2) is 48.5 Å². The maximum Gasteiger partial charge on any atom is 0.329 e. The largest absolute Gasteiger partial charge is 0.329 e. The maximum absolute atomic E-state index is 12.6. The monoisotopic (exact) mass is 378 g/mol. The molecule has 1 fully saturated rings. The Morgan fingerprint density at radius 1 is 1.11 bits per heavy atom. The number of fused-ring (bicyclic) bond motifs is 1. The molecule has 0 saturated carbocycles. The Morgan fingerprint density at radius 2 is 1.82 bits per heavy atom. The zero-order chi connectivity index (χ0) is 19.7. The van der Waals surface area contributed by atoms with E-state index in [4.69, 9.17) is 0 Å². The van der Waals surface area contributed by atoms with E-state index in [1.807, 2.05) is 12.1 Å². The molecule has 1 saturated heterocycles. The van der Waals surface area contributed by atoms with Gasteiger partial charge in [0.05, 0.1) is 17.9 Å². The third kappa shape index (κ3) is 3.48. The van der Waals surface area contributed by atoms with E-state index < -0.39 is 12.1 Å². The Labute approximate surface area is 163 Å². The van der Waals surface area contributed by atoms with Gasteiger partial charge in [0, 0.05) is 13.1 Å². The summed E-state index contributed by atoms with van der Waals surface area (Å²) < 4.78 is 0. The predicted molar refractivity (Wildman–Crippen MR) is 106 cm³/mol. The second-order valence-corrected chi connectivity index (χ2v) is 7.14. The normalized spacial score (nSPS) is 19.3. The van der Waals surface area contributed by atoms with Gasteiger partial charge in [0.2, 0.25) is 5.91 Å². The van der Waals surface area contributed by atoms with E-state index in [2.05, 4.69) is 27.7 Å². The number of hydrogen-bond acceptors (Lipinski definition) is 4. The number of carbonyl (C=O) groups is 3. The van der Waals surface area contributed by atoms with E-state index in [0.717, 1.165) is 24.4 Å². The highest BCUT2D eigenvalue weighted by Crippen LogP contribution is 2.28. The van der Waals surface area contributed by atoms with Crippen molar-refractivity contribution in [2.45, 2.75) is 25.9 Å². The summed E-state index contributed by atoms with van der Waals surface area (Å²) in [4.78, 5) is 40.3. The molecule has 2 N–H and O–H groups in total. The van der Waals surface area contributed by atoms with Crippen LogP contribution in [0.3, 0.4) is 0 Å². The molecule has 4 rings (SSSR count). The van der Waals surface area contributed by atoms with Crippen LogP contribution in [-0.2, 0) is 22.6 Å². The van der Waals surface area contributed by atoms with Crippen LogP contribution in [0, 0.1) is 0 Å². The summed E-state index contributed by atoms with van der Waals surface area (Å²) in [6.07, 6.45) is 0.917. The van der Waals surface area contributed by atoms with Gasteiger partial charge in [-0.1, -0.05) is 36.4 Å². The lowest BCUT2D eigenvalue weighted by Crippen LogP contribution is -2.37. The average Bonchev–Trinajstić information content (AvgIpc) is 2.94. The van der Waals surface area contributed by atoms with Crippen molar-refractivity contribution in [3.8, 4) is 0 Å². The topological polar surface area (TPSA) is 81.8 Å². The number of carbonyl (C=O) groups excluding carboxylic acids is 3. The van der Waals surface area contributed by atoms with Crippen LogP contribution in [0.25, 0.3) is 0 Å². The van der Waals surface area contributed by atoms with Gasteiger partial charge in [-0.2, -0.15) is 0 Å². The third-order valence-corrected chi connectivity index (χ3v) is 5.13. The number of hydrogen-bond donors (Lipinski definition) is 2. The fourth-order valence-electron chi connectivity index (χ4n) is 3.69. The summed E-state index contributed by atoms with van der Waals surface area (Å²) in [5.74, 6) is -0.508. The van der Waals surface area contributed by atoms with Crippen molar-refractivity contribution < 1.29 is 14.4 Å². The number of rotatable bonds is 4. The van der Waals surface area contributed by atoms with Crippen LogP contribution in [0.1, 0.15) is 18.1 Å². The molecule has 4 amide bonds. The van der Waals surface area contributed by atoms with E-state index in [1.54, 1.807) is 31.2 Å². The van der Waals surface area contributed by atoms with Crippen molar-refractivity contribution in [1.29, 1.82) is 0 Å². The predicted octanol–water partition coefficient (Wildman–Crippen LogP) is 2.13. The number of para-hydroxylation sites is 2. The molecule has 2 aromatic carbocycles. The number of nitrogens with one attached hydrogen (secondary N) is 2. The molecule has 0 spiro atoms. The van der Waals surface area contributed by atoms with Crippen LogP contribution in [0.2, 0.25) is 0 Å². The van der Waals surface area contributed by atoms with Gasteiger partial charge in [0.1, 0.15) is 6.04 Å². The molecule has 28 heavy (non-hydrogen) atoms. The van der Waals surface area contributed by atoms with Gasteiger partial charge in [0.15, 0.2) is 0 Å². The molecule has 144 valence electrons. The lowest BCUT2D eigenvalue weighted by atomic mass is 10.00. The Kier molecular flexibility index (Phi) is 4.83. The second kappa shape index (κ2) is 7.44. The number of benzene rings is 2. The van der Waals surface area contributed by atoms with Crippen molar-refractivity contribution in [2.24, 2.45) is 0 Å². The van der Waals surface area contributed by atoms with Gasteiger partial charge >= 0.3 is 6.03 Å². The molecule has 1 atom stereocenters. The summed E-state index contributed by atoms with van der Waals surface area (Å²) in [5.41, 5.74) is 3.40. The highest BCUT2D eigenvalue weighted by molar-refractivity contribution is 6.23. The number of anilines is 2. The molecule has 2 aliphatic rings. The number of nitrogens with zero attached hydrogens (tertiary/aromatic N) is 2. The SMILES string of the molecule is CC1NC(=O)N(c2ccccc2NC(=O)CN2CCc3ccccc3C2)C1=O. The van der Waals surface area contributed by atoms with Crippen LogP contribution < -0.4 is 15.5 Å². The fraction of sp³-hybridized carbons (Fsp3) is 0.286. The molecular weight excluding hydrogens is 356 g/mol. The lowest BCUT2D eigenvalue weighted by Gasteiger charge is -2.28. The quantitative estimate of drug-likeness (QED) is 0.799. The Balaban J connectivity index is 1.46. The summed E-state index contributed by atoms with van der Waals surface area (Å²) in [6, 6.07) is 14.1. The lowest BCUT2D eigenvalue weighted by molar-refractivity contribution is -0.118. The van der Waals surface area contributed by atoms with Crippen LogP contribution >= 0.6 is 0 Å². The first-order valence-electron chi connectivity index (χ1n) is 9.35. The second-order valence-electron chi connectivity index (χ2n) is 7.14. The molecule has 2 aromatic rings. The molecule has 2 heterocycles. The Bertz CT molecular complexity index is 943. The molecule has 0 aromatic heterocycles. The highest BCUT2D eigenvalue weighted by atomic mass is 16.2. The summed E-state index contributed by atoms with van der Waals surface area (Å²) in [7, 11) is 0. The third-order valence-electron chi connectivity index (χ3n) is 5.13. The number of urea groups is 1. The van der Waals surface area contributed by atoms with Crippen molar-refractivity contribution >= 4 is 29.2 Å². The molecule has 1 unspecified atom stereocenters. The van der Waals surface area contributed by atoms with E-state index in [-0.39, 0.29) is 18.4 Å². The molecule has 7 heteroatoms. The molecule has 0 bridgehead atoms. The molecule has 0 aliphatic carbocycles. The minimum atomic E-state index is -0.579. The van der Waals surface area contributed by atoms with Crippen LogP contribution in [0.5, 0.6) is 0 Å². The van der Waals surface area contributed by atoms with E-state index in [0.29, 0.717) is 11.4 Å². The fourth-order valence-corrected chi connectivity index (χ4v) is 3.69. The van der Waals surface area contributed by atoms with Crippen molar-refractivity contribution in [1.82, 2.24) is 10.2 Å². The first-order chi connectivity index (χ1) is 13.5. The molecule has 2 aliphatic heterocycles. The smallest absolute Gasteiger partial charge is 0.326 e. The van der Waals surface area contributed by atoms with Gasteiger partial charge in [-0.25, -0.2) is 9.69 Å². The summed E-state index contributed by atoms with van der Waals surface area (Å²) in [5, 5.41) is 5.45. The van der Waals surface area contributed by atoms with Gasteiger partial charge in [-0.3, -0.25) is 14.5 Å². The van der Waals surface area contributed by atoms with Gasteiger partial charge in [0.25, 0.3) is 5.91 Å². The first-order valence-corrected chi connectivity index (χ1v) is 9.35. The number of amides is 4. The number of imide groups is 1. The van der Waals surface area contributed by atoms with Crippen molar-refractivity contribution in [2.75, 3.05) is 23.3 Å². The molecule has 7 nitrogen and oxygen atoms in total. The zero-order valence-electron chi connectivity index (χ0n) is 15.6. The van der Waals surface area contributed by atoms with E-state index in [9.17, 15) is 14.4 Å². The maximum atomic E-state index is 12.6.